The van der Waals surface area contributed by atoms with E-state index < -0.39 is 5.97 Å². The van der Waals surface area contributed by atoms with Crippen molar-refractivity contribution in [3.63, 3.8) is 0 Å². The topological polar surface area (TPSA) is 58.4 Å². The fourth-order valence-corrected chi connectivity index (χ4v) is 2.44. The molecule has 1 aliphatic heterocycles. The summed E-state index contributed by atoms with van der Waals surface area (Å²) in [6, 6.07) is 4.55. The van der Waals surface area contributed by atoms with E-state index in [1.807, 2.05) is 11.1 Å². The lowest BCUT2D eigenvalue weighted by Crippen LogP contribution is -2.33. The third-order valence-corrected chi connectivity index (χ3v) is 3.43. The highest BCUT2D eigenvalue weighted by Gasteiger charge is 2.17. The molecule has 2 heterocycles. The van der Waals surface area contributed by atoms with Crippen molar-refractivity contribution in [2.24, 2.45) is 0 Å². The molecule has 2 aromatic rings. The molecule has 1 N–H and O–H groups in total. The fourth-order valence-electron chi connectivity index (χ4n) is 2.44. The number of rotatable bonds is 3. The number of aromatic nitrogens is 2. The molecule has 1 aromatic heterocycles. The summed E-state index contributed by atoms with van der Waals surface area (Å²) < 4.78 is 15.8. The van der Waals surface area contributed by atoms with Gasteiger partial charge in [-0.25, -0.2) is 14.2 Å². The average Bonchev–Trinajstić information content (AvgIpc) is 2.92. The average molecular weight is 287 g/mol. The van der Waals surface area contributed by atoms with Crippen LogP contribution < -0.4 is 4.90 Å². The smallest absolute Gasteiger partial charge is 0.328 e. The van der Waals surface area contributed by atoms with E-state index in [0.29, 0.717) is 12.1 Å². The van der Waals surface area contributed by atoms with Gasteiger partial charge in [0.15, 0.2) is 0 Å². The molecule has 0 fully saturated rings. The summed E-state index contributed by atoms with van der Waals surface area (Å²) in [6.07, 6.45) is 6.08. The van der Waals surface area contributed by atoms with Crippen LogP contribution in [0.25, 0.3) is 6.08 Å². The van der Waals surface area contributed by atoms with Gasteiger partial charge in [-0.15, -0.1) is 0 Å². The zero-order chi connectivity index (χ0) is 14.8. The van der Waals surface area contributed by atoms with Crippen molar-refractivity contribution in [1.29, 1.82) is 0 Å². The Kier molecular flexibility index (Phi) is 3.43. The zero-order valence-electron chi connectivity index (χ0n) is 11.2. The molecule has 21 heavy (non-hydrogen) atoms. The minimum absolute atomic E-state index is 0.383. The van der Waals surface area contributed by atoms with Gasteiger partial charge in [-0.2, -0.15) is 0 Å². The number of nitrogens with zero attached hydrogens (tertiary/aromatic N) is 3. The number of fused-ring (bicyclic) bond motifs is 1. The molecular formula is C15H14FN3O2. The van der Waals surface area contributed by atoms with Gasteiger partial charge in [0.1, 0.15) is 11.6 Å². The van der Waals surface area contributed by atoms with Crippen molar-refractivity contribution in [3.8, 4) is 0 Å². The summed E-state index contributed by atoms with van der Waals surface area (Å²) in [5.74, 6) is -0.500. The van der Waals surface area contributed by atoms with Crippen LogP contribution in [0, 0.1) is 5.82 Å². The Morgan fingerprint density at radius 2 is 2.19 bits per heavy atom. The number of carboxylic acid groups (broad SMARTS) is 1. The SMILES string of the molecule is O=C(O)/C=C/c1cc(F)cc(N2CCn3ccnc3C2)c1. The first-order valence-corrected chi connectivity index (χ1v) is 6.58. The van der Waals surface area contributed by atoms with E-state index in [2.05, 4.69) is 9.55 Å². The molecule has 0 atom stereocenters. The lowest BCUT2D eigenvalue weighted by atomic mass is 10.1. The zero-order valence-corrected chi connectivity index (χ0v) is 11.2. The fraction of sp³-hybridized carbons (Fsp3) is 0.200. The Morgan fingerprint density at radius 3 is 3.00 bits per heavy atom. The van der Waals surface area contributed by atoms with E-state index in [4.69, 9.17) is 5.11 Å². The summed E-state index contributed by atoms with van der Waals surface area (Å²) in [4.78, 5) is 16.9. The summed E-state index contributed by atoms with van der Waals surface area (Å²) >= 11 is 0. The summed E-state index contributed by atoms with van der Waals surface area (Å²) in [5, 5.41) is 8.65. The van der Waals surface area contributed by atoms with Gasteiger partial charge in [0.25, 0.3) is 0 Å². The van der Waals surface area contributed by atoms with Crippen LogP contribution in [0.4, 0.5) is 10.1 Å². The molecule has 0 amide bonds. The minimum Gasteiger partial charge on any atom is -0.478 e. The van der Waals surface area contributed by atoms with E-state index in [-0.39, 0.29) is 5.82 Å². The highest BCUT2D eigenvalue weighted by molar-refractivity contribution is 5.85. The summed E-state index contributed by atoms with van der Waals surface area (Å²) in [5.41, 5.74) is 1.26. The quantitative estimate of drug-likeness (QED) is 0.879. The molecule has 0 aliphatic carbocycles. The summed E-state index contributed by atoms with van der Waals surface area (Å²) in [6.45, 7) is 2.17. The Bertz CT molecular complexity index is 709. The first-order chi connectivity index (χ1) is 10.1. The summed E-state index contributed by atoms with van der Waals surface area (Å²) in [7, 11) is 0. The standard InChI is InChI=1S/C15H14FN3O2/c16-12-7-11(1-2-15(20)21)8-13(9-12)19-6-5-18-4-3-17-14(18)10-19/h1-4,7-9H,5-6,10H2,(H,20,21)/b2-1+. The van der Waals surface area contributed by atoms with Crippen molar-refractivity contribution in [2.45, 2.75) is 13.1 Å². The third-order valence-electron chi connectivity index (χ3n) is 3.43. The predicted molar refractivity (Wildman–Crippen MR) is 76.3 cm³/mol. The van der Waals surface area contributed by atoms with Gasteiger partial charge in [0.2, 0.25) is 0 Å². The van der Waals surface area contributed by atoms with Crippen LogP contribution >= 0.6 is 0 Å². The van der Waals surface area contributed by atoms with Crippen LogP contribution in [0.15, 0.2) is 36.7 Å². The van der Waals surface area contributed by atoms with Crippen LogP contribution in [0.2, 0.25) is 0 Å². The highest BCUT2D eigenvalue weighted by Crippen LogP contribution is 2.23. The predicted octanol–water partition coefficient (Wildman–Crippen LogP) is 2.14. The van der Waals surface area contributed by atoms with Gasteiger partial charge < -0.3 is 14.6 Å². The van der Waals surface area contributed by atoms with Crippen LogP contribution in [0.5, 0.6) is 0 Å². The second kappa shape index (κ2) is 5.40. The van der Waals surface area contributed by atoms with Crippen LogP contribution in [0.1, 0.15) is 11.4 Å². The number of carboxylic acids is 1. The van der Waals surface area contributed by atoms with Crippen LogP contribution in [-0.4, -0.2) is 27.2 Å². The van der Waals surface area contributed by atoms with Gasteiger partial charge in [-0.3, -0.25) is 0 Å². The number of hydrogen-bond donors (Lipinski definition) is 1. The first-order valence-electron chi connectivity index (χ1n) is 6.58. The molecule has 0 saturated carbocycles. The maximum atomic E-state index is 13.7. The Hall–Kier alpha value is -2.63. The highest BCUT2D eigenvalue weighted by atomic mass is 19.1. The van der Waals surface area contributed by atoms with Gasteiger partial charge >= 0.3 is 5.97 Å². The maximum Gasteiger partial charge on any atom is 0.328 e. The molecule has 6 heteroatoms. The molecule has 0 bridgehead atoms. The molecule has 3 rings (SSSR count). The number of imidazole rings is 1. The Morgan fingerprint density at radius 1 is 1.33 bits per heavy atom. The van der Waals surface area contributed by atoms with Crippen molar-refractivity contribution in [1.82, 2.24) is 9.55 Å². The van der Waals surface area contributed by atoms with E-state index in [1.165, 1.54) is 18.2 Å². The molecule has 1 aliphatic rings. The van der Waals surface area contributed by atoms with E-state index in [0.717, 1.165) is 30.7 Å². The number of halogens is 1. The Balaban J connectivity index is 1.87. The molecule has 1 aromatic carbocycles. The molecular weight excluding hydrogens is 273 g/mol. The van der Waals surface area contributed by atoms with Crippen molar-refractivity contribution in [2.75, 3.05) is 11.4 Å². The van der Waals surface area contributed by atoms with E-state index in [9.17, 15) is 9.18 Å². The first kappa shape index (κ1) is 13.4. The number of hydrogen-bond acceptors (Lipinski definition) is 3. The number of anilines is 1. The molecule has 5 nitrogen and oxygen atoms in total. The third kappa shape index (κ3) is 2.94. The number of benzene rings is 1. The van der Waals surface area contributed by atoms with Crippen molar-refractivity contribution < 1.29 is 14.3 Å². The second-order valence-electron chi connectivity index (χ2n) is 4.87. The van der Waals surface area contributed by atoms with Gasteiger partial charge in [0, 0.05) is 37.2 Å². The molecule has 0 saturated heterocycles. The largest absolute Gasteiger partial charge is 0.478 e. The lowest BCUT2D eigenvalue weighted by molar-refractivity contribution is -0.131. The monoisotopic (exact) mass is 287 g/mol. The second-order valence-corrected chi connectivity index (χ2v) is 4.87. The molecule has 0 unspecified atom stereocenters. The number of aliphatic carboxylic acids is 1. The van der Waals surface area contributed by atoms with E-state index in [1.54, 1.807) is 12.3 Å². The molecule has 0 spiro atoms. The minimum atomic E-state index is -1.05. The molecule has 108 valence electrons. The lowest BCUT2D eigenvalue weighted by Gasteiger charge is -2.29. The van der Waals surface area contributed by atoms with Crippen LogP contribution in [-0.2, 0) is 17.9 Å². The van der Waals surface area contributed by atoms with Gasteiger partial charge in [0.05, 0.1) is 6.54 Å². The molecule has 0 radical (unpaired) electrons. The Labute approximate surface area is 121 Å². The maximum absolute atomic E-state index is 13.7. The van der Waals surface area contributed by atoms with Crippen molar-refractivity contribution >= 4 is 17.7 Å². The van der Waals surface area contributed by atoms with E-state index >= 15 is 0 Å². The normalized spacial score (nSPS) is 14.4. The van der Waals surface area contributed by atoms with Gasteiger partial charge in [-0.1, -0.05) is 0 Å². The number of carbonyl (C=O) groups is 1. The van der Waals surface area contributed by atoms with Crippen LogP contribution in [0.3, 0.4) is 0 Å². The van der Waals surface area contributed by atoms with Gasteiger partial charge in [-0.05, 0) is 29.8 Å². The van der Waals surface area contributed by atoms with Crippen molar-refractivity contribution in [3.05, 3.63) is 53.9 Å².